The van der Waals surface area contributed by atoms with Crippen LogP contribution in [0.15, 0.2) is 0 Å². The number of amides is 2. The molecule has 0 aromatic rings. The van der Waals surface area contributed by atoms with Crippen LogP contribution in [0.5, 0.6) is 0 Å². The largest absolute Gasteiger partial charge is 0.450 e. The van der Waals surface area contributed by atoms with Crippen LogP contribution in [-0.2, 0) is 9.53 Å². The lowest BCUT2D eigenvalue weighted by Crippen LogP contribution is -2.56. The minimum absolute atomic E-state index is 0.138. The Kier molecular flexibility index (Phi) is 5.62. The second-order valence-corrected chi connectivity index (χ2v) is 9.10. The summed E-state index contributed by atoms with van der Waals surface area (Å²) in [4.78, 5) is 31.1. The van der Waals surface area contributed by atoms with Gasteiger partial charge < -0.3 is 19.4 Å². The summed E-state index contributed by atoms with van der Waals surface area (Å²) in [6.45, 7) is 7.27. The quantitative estimate of drug-likeness (QED) is 0.759. The van der Waals surface area contributed by atoms with Gasteiger partial charge in [0.05, 0.1) is 6.61 Å². The number of carbonyl (C=O) groups is 2. The van der Waals surface area contributed by atoms with Crippen LogP contribution in [0.1, 0.15) is 64.7 Å². The highest BCUT2D eigenvalue weighted by molar-refractivity contribution is 5.76. The van der Waals surface area contributed by atoms with Gasteiger partial charge in [0.15, 0.2) is 0 Å². The molecule has 0 unspecified atom stereocenters. The number of piperidine rings is 1. The first-order valence-corrected chi connectivity index (χ1v) is 11.1. The summed E-state index contributed by atoms with van der Waals surface area (Å²) in [6.07, 6.45) is 9.88. The van der Waals surface area contributed by atoms with Crippen LogP contribution in [0.3, 0.4) is 0 Å². The van der Waals surface area contributed by atoms with Gasteiger partial charge in [0, 0.05) is 51.2 Å². The minimum Gasteiger partial charge on any atom is -0.450 e. The molecule has 0 aromatic carbocycles. The van der Waals surface area contributed by atoms with Crippen molar-refractivity contribution in [3.63, 3.8) is 0 Å². The van der Waals surface area contributed by atoms with E-state index in [0.717, 1.165) is 64.8 Å². The summed E-state index contributed by atoms with van der Waals surface area (Å²) in [6, 6.07) is 1.14. The number of likely N-dealkylation sites (tertiary alicyclic amines) is 3. The molecule has 4 rings (SSSR count). The van der Waals surface area contributed by atoms with Crippen molar-refractivity contribution < 1.29 is 14.3 Å². The Morgan fingerprint density at radius 2 is 1.85 bits per heavy atom. The minimum atomic E-state index is -0.138. The molecule has 27 heavy (non-hydrogen) atoms. The first kappa shape index (κ1) is 19.0. The summed E-state index contributed by atoms with van der Waals surface area (Å²) in [5, 5.41) is 0. The van der Waals surface area contributed by atoms with Gasteiger partial charge in [0.2, 0.25) is 5.91 Å². The maximum absolute atomic E-state index is 12.4. The van der Waals surface area contributed by atoms with Crippen LogP contribution in [0.25, 0.3) is 0 Å². The lowest BCUT2D eigenvalue weighted by Gasteiger charge is -2.52. The third kappa shape index (κ3) is 3.96. The van der Waals surface area contributed by atoms with Gasteiger partial charge in [0.1, 0.15) is 0 Å². The van der Waals surface area contributed by atoms with Gasteiger partial charge >= 0.3 is 6.09 Å². The van der Waals surface area contributed by atoms with Crippen LogP contribution in [0, 0.1) is 5.41 Å². The third-order valence-electron chi connectivity index (χ3n) is 7.37. The molecule has 0 radical (unpaired) electrons. The molecule has 0 N–H and O–H groups in total. The van der Waals surface area contributed by atoms with Crippen LogP contribution in [-0.4, -0.2) is 78.1 Å². The van der Waals surface area contributed by atoms with Gasteiger partial charge in [-0.3, -0.25) is 4.79 Å². The van der Waals surface area contributed by atoms with Gasteiger partial charge in [-0.25, -0.2) is 4.79 Å². The number of rotatable bonds is 3. The zero-order chi connectivity index (χ0) is 18.9. The third-order valence-corrected chi connectivity index (χ3v) is 7.37. The normalized spacial score (nSPS) is 33.2. The fourth-order valence-electron chi connectivity index (χ4n) is 5.79. The van der Waals surface area contributed by atoms with Gasteiger partial charge in [-0.15, -0.1) is 0 Å². The van der Waals surface area contributed by atoms with Crippen LogP contribution >= 0.6 is 0 Å². The van der Waals surface area contributed by atoms with E-state index in [0.29, 0.717) is 30.0 Å². The number of carbonyl (C=O) groups excluding carboxylic acids is 2. The molecule has 3 saturated heterocycles. The Bertz CT molecular complexity index is 553. The predicted octanol–water partition coefficient (Wildman–Crippen LogP) is 2.86. The fourth-order valence-corrected chi connectivity index (χ4v) is 5.79. The molecule has 4 fully saturated rings. The maximum Gasteiger partial charge on any atom is 0.409 e. The smallest absolute Gasteiger partial charge is 0.409 e. The molecule has 1 spiro atoms. The van der Waals surface area contributed by atoms with E-state index >= 15 is 0 Å². The molecule has 6 nitrogen and oxygen atoms in total. The van der Waals surface area contributed by atoms with E-state index in [9.17, 15) is 9.59 Å². The highest BCUT2D eigenvalue weighted by atomic mass is 16.6. The van der Waals surface area contributed by atoms with Gasteiger partial charge in [-0.1, -0.05) is 6.42 Å². The van der Waals surface area contributed by atoms with Crippen molar-refractivity contribution in [1.82, 2.24) is 14.7 Å². The topological polar surface area (TPSA) is 53.1 Å². The second kappa shape index (κ2) is 7.98. The molecule has 0 bridgehead atoms. The average Bonchev–Trinajstić information content (AvgIpc) is 2.99. The van der Waals surface area contributed by atoms with Crippen LogP contribution in [0.4, 0.5) is 4.79 Å². The van der Waals surface area contributed by atoms with Crippen molar-refractivity contribution >= 4 is 12.0 Å². The number of hydrogen-bond acceptors (Lipinski definition) is 4. The van der Waals surface area contributed by atoms with E-state index in [-0.39, 0.29) is 6.09 Å². The SMILES string of the molecule is CCOC(=O)N1CCC2(CC(N3CCC(N4CCCCCC4=O)CC3)C2)C1. The van der Waals surface area contributed by atoms with Crippen molar-refractivity contribution in [2.45, 2.75) is 76.8 Å². The standard InChI is InChI=1S/C21H35N3O3/c1-2-27-20(26)23-13-9-21(16-23)14-18(15-21)22-11-7-17(8-12-22)24-10-5-3-4-6-19(24)25/h17-18H,2-16H2,1H3. The van der Waals surface area contributed by atoms with E-state index in [2.05, 4.69) is 9.80 Å². The molecule has 0 atom stereocenters. The van der Waals surface area contributed by atoms with Gasteiger partial charge in [0.25, 0.3) is 0 Å². The summed E-state index contributed by atoms with van der Waals surface area (Å²) in [5.74, 6) is 0.388. The average molecular weight is 378 g/mol. The molecule has 6 heteroatoms. The lowest BCUT2D eigenvalue weighted by molar-refractivity contribution is -0.134. The summed E-state index contributed by atoms with van der Waals surface area (Å²) < 4.78 is 5.16. The van der Waals surface area contributed by atoms with Gasteiger partial charge in [-0.05, 0) is 57.3 Å². The molecule has 0 aromatic heterocycles. The molecule has 3 aliphatic heterocycles. The monoisotopic (exact) mass is 377 g/mol. The summed E-state index contributed by atoms with van der Waals surface area (Å²) in [7, 11) is 0. The highest BCUT2D eigenvalue weighted by Crippen LogP contribution is 2.50. The van der Waals surface area contributed by atoms with E-state index in [1.54, 1.807) is 0 Å². The maximum atomic E-state index is 12.4. The molecular formula is C21H35N3O3. The molecule has 152 valence electrons. The second-order valence-electron chi connectivity index (χ2n) is 9.10. The zero-order valence-electron chi connectivity index (χ0n) is 16.8. The highest BCUT2D eigenvalue weighted by Gasteiger charge is 2.51. The molecule has 4 aliphatic rings. The fraction of sp³-hybridized carbons (Fsp3) is 0.905. The zero-order valence-corrected chi connectivity index (χ0v) is 16.8. The Balaban J connectivity index is 1.23. The predicted molar refractivity (Wildman–Crippen MR) is 103 cm³/mol. The van der Waals surface area contributed by atoms with Crippen LogP contribution in [0.2, 0.25) is 0 Å². The van der Waals surface area contributed by atoms with Crippen molar-refractivity contribution in [3.05, 3.63) is 0 Å². The van der Waals surface area contributed by atoms with Crippen molar-refractivity contribution in [2.75, 3.05) is 39.3 Å². The Morgan fingerprint density at radius 1 is 1.07 bits per heavy atom. The first-order valence-electron chi connectivity index (χ1n) is 11.1. The summed E-state index contributed by atoms with van der Waals surface area (Å²) >= 11 is 0. The first-order chi connectivity index (χ1) is 13.1. The molecular weight excluding hydrogens is 342 g/mol. The van der Waals surface area contributed by atoms with Crippen molar-refractivity contribution in [2.24, 2.45) is 5.41 Å². The van der Waals surface area contributed by atoms with E-state index in [1.165, 1.54) is 25.7 Å². The number of ether oxygens (including phenoxy) is 1. The Labute approximate surface area is 163 Å². The molecule has 3 heterocycles. The van der Waals surface area contributed by atoms with E-state index in [4.69, 9.17) is 4.74 Å². The van der Waals surface area contributed by atoms with Crippen molar-refractivity contribution in [3.8, 4) is 0 Å². The number of hydrogen-bond donors (Lipinski definition) is 0. The van der Waals surface area contributed by atoms with Crippen LogP contribution < -0.4 is 0 Å². The molecule has 2 amide bonds. The molecule has 1 aliphatic carbocycles. The Morgan fingerprint density at radius 3 is 2.59 bits per heavy atom. The van der Waals surface area contributed by atoms with E-state index in [1.807, 2.05) is 11.8 Å². The van der Waals surface area contributed by atoms with Gasteiger partial charge in [-0.2, -0.15) is 0 Å². The summed E-state index contributed by atoms with van der Waals surface area (Å²) in [5.41, 5.74) is 0.342. The Hall–Kier alpha value is -1.30. The number of nitrogens with zero attached hydrogens (tertiary/aromatic N) is 3. The van der Waals surface area contributed by atoms with E-state index < -0.39 is 0 Å². The lowest BCUT2D eigenvalue weighted by atomic mass is 9.64. The molecule has 1 saturated carbocycles. The van der Waals surface area contributed by atoms with Crippen molar-refractivity contribution in [1.29, 1.82) is 0 Å².